The Morgan fingerprint density at radius 3 is 2.76 bits per heavy atom. The monoisotopic (exact) mass is 462 g/mol. The van der Waals surface area contributed by atoms with E-state index in [1.54, 1.807) is 19.3 Å². The van der Waals surface area contributed by atoms with Gasteiger partial charge in [-0.25, -0.2) is 9.37 Å². The van der Waals surface area contributed by atoms with Gasteiger partial charge in [0.15, 0.2) is 0 Å². The van der Waals surface area contributed by atoms with E-state index in [9.17, 15) is 13.9 Å². The number of anilines is 2. The summed E-state index contributed by atoms with van der Waals surface area (Å²) in [7, 11) is 1.97. The quantitative estimate of drug-likeness (QED) is 0.436. The average molecular weight is 463 g/mol. The lowest BCUT2D eigenvalue weighted by molar-refractivity contribution is 0.126. The Hall–Kier alpha value is -2.39. The fraction of sp³-hybridized carbons (Fsp3) is 0.625. The van der Waals surface area contributed by atoms with Crippen LogP contribution in [0, 0.1) is 0 Å². The molecule has 0 aliphatic heterocycles. The second-order valence-electron chi connectivity index (χ2n) is 8.82. The number of nitrogens with zero attached hydrogens (tertiary/aromatic N) is 4. The maximum atomic E-state index is 13.7. The zero-order chi connectivity index (χ0) is 23.6. The smallest absolute Gasteiger partial charge is 0.224 e. The fourth-order valence-electron chi connectivity index (χ4n) is 3.96. The molecule has 2 heterocycles. The van der Waals surface area contributed by atoms with Crippen molar-refractivity contribution in [1.29, 1.82) is 0 Å². The van der Waals surface area contributed by atoms with Crippen LogP contribution in [0.3, 0.4) is 0 Å². The van der Waals surface area contributed by atoms with Crippen molar-refractivity contribution < 1.29 is 13.9 Å². The number of aliphatic hydroxyl groups is 1. The molecule has 1 fully saturated rings. The molecular formula is C24H36F2N6O. The summed E-state index contributed by atoms with van der Waals surface area (Å²) in [5.74, 6) is 1.02. The third-order valence-corrected chi connectivity index (χ3v) is 5.98. The van der Waals surface area contributed by atoms with Crippen LogP contribution < -0.4 is 10.6 Å². The summed E-state index contributed by atoms with van der Waals surface area (Å²) in [6.45, 7) is 3.01. The predicted molar refractivity (Wildman–Crippen MR) is 128 cm³/mol. The van der Waals surface area contributed by atoms with Crippen LogP contribution in [0.5, 0.6) is 0 Å². The molecule has 1 aliphatic carbocycles. The van der Waals surface area contributed by atoms with Gasteiger partial charge in [0.05, 0.1) is 24.0 Å². The van der Waals surface area contributed by atoms with E-state index in [2.05, 4.69) is 30.5 Å². The fourth-order valence-corrected chi connectivity index (χ4v) is 3.96. The second-order valence-corrected chi connectivity index (χ2v) is 8.82. The minimum atomic E-state index is -0.961. The van der Waals surface area contributed by atoms with E-state index >= 15 is 0 Å². The molecule has 2 aromatic heterocycles. The van der Waals surface area contributed by atoms with Gasteiger partial charge in [0.2, 0.25) is 5.95 Å². The Bertz CT molecular complexity index is 863. The van der Waals surface area contributed by atoms with Gasteiger partial charge < -0.3 is 20.6 Å². The normalized spacial score (nSPS) is 19.5. The van der Waals surface area contributed by atoms with E-state index < -0.39 is 6.17 Å². The van der Waals surface area contributed by atoms with Crippen LogP contribution in [-0.4, -0.2) is 70.1 Å². The number of rotatable bonds is 12. The largest absolute Gasteiger partial charge is 0.393 e. The first kappa shape index (κ1) is 25.2. The first-order valence-corrected chi connectivity index (χ1v) is 11.9. The van der Waals surface area contributed by atoms with Crippen LogP contribution in [0.15, 0.2) is 24.5 Å². The van der Waals surface area contributed by atoms with E-state index in [4.69, 9.17) is 0 Å². The number of aromatic nitrogens is 3. The van der Waals surface area contributed by atoms with Crippen LogP contribution in [0.25, 0.3) is 11.3 Å². The lowest BCUT2D eigenvalue weighted by atomic mass is 9.93. The van der Waals surface area contributed by atoms with Gasteiger partial charge in [-0.3, -0.25) is 9.37 Å². The summed E-state index contributed by atoms with van der Waals surface area (Å²) >= 11 is 0. The summed E-state index contributed by atoms with van der Waals surface area (Å²) in [4.78, 5) is 15.7. The molecule has 1 atom stereocenters. The lowest BCUT2D eigenvalue weighted by Crippen LogP contribution is -2.29. The van der Waals surface area contributed by atoms with Crippen LogP contribution in [0.4, 0.5) is 20.5 Å². The standard InChI is InChI=1S/C24H36F2N6O/c1-3-18(26)14-28-24-29-15-21(23(31-24)30-19-5-7-20(33)8-6-19)22-13-17(9-11-27-22)16-32(2)12-4-10-25/h9,11,13,15,18-20,33H,3-8,10,12,14,16H2,1-2H3,(H2,28,29,30,31)/t18-,19-,20-/m0/s1. The number of halogens is 2. The highest BCUT2D eigenvalue weighted by atomic mass is 19.1. The average Bonchev–Trinajstić information content (AvgIpc) is 2.83. The minimum absolute atomic E-state index is 0.157. The summed E-state index contributed by atoms with van der Waals surface area (Å²) in [6, 6.07) is 4.14. The Morgan fingerprint density at radius 1 is 1.24 bits per heavy atom. The maximum absolute atomic E-state index is 13.7. The molecule has 1 aliphatic rings. The molecule has 0 amide bonds. The van der Waals surface area contributed by atoms with E-state index in [0.29, 0.717) is 37.7 Å². The van der Waals surface area contributed by atoms with Gasteiger partial charge in [-0.2, -0.15) is 4.98 Å². The van der Waals surface area contributed by atoms with Gasteiger partial charge in [0.1, 0.15) is 12.0 Å². The maximum Gasteiger partial charge on any atom is 0.224 e. The summed E-state index contributed by atoms with van der Waals surface area (Å²) in [6.07, 6.45) is 6.42. The zero-order valence-corrected chi connectivity index (χ0v) is 19.6. The Labute approximate surface area is 195 Å². The van der Waals surface area contributed by atoms with Gasteiger partial charge in [0, 0.05) is 38.1 Å². The van der Waals surface area contributed by atoms with Gasteiger partial charge >= 0.3 is 0 Å². The Balaban J connectivity index is 1.82. The topological polar surface area (TPSA) is 86.2 Å². The highest BCUT2D eigenvalue weighted by Gasteiger charge is 2.22. The molecule has 0 bridgehead atoms. The molecule has 33 heavy (non-hydrogen) atoms. The van der Waals surface area contributed by atoms with Crippen molar-refractivity contribution in [1.82, 2.24) is 19.9 Å². The molecule has 182 valence electrons. The van der Waals surface area contributed by atoms with E-state index in [1.165, 1.54) is 0 Å². The third kappa shape index (κ3) is 7.85. The first-order chi connectivity index (χ1) is 16.0. The van der Waals surface area contributed by atoms with Crippen molar-refractivity contribution in [3.8, 4) is 11.3 Å². The second kappa shape index (κ2) is 12.7. The van der Waals surface area contributed by atoms with Crippen LogP contribution >= 0.6 is 0 Å². The van der Waals surface area contributed by atoms with Crippen molar-refractivity contribution >= 4 is 11.8 Å². The van der Waals surface area contributed by atoms with Crippen LogP contribution in [0.2, 0.25) is 0 Å². The van der Waals surface area contributed by atoms with Crippen molar-refractivity contribution in [2.45, 2.75) is 70.3 Å². The molecule has 9 heteroatoms. The number of hydrogen-bond donors (Lipinski definition) is 3. The molecule has 0 radical (unpaired) electrons. The zero-order valence-electron chi connectivity index (χ0n) is 19.6. The molecule has 0 unspecified atom stereocenters. The molecule has 0 aromatic carbocycles. The van der Waals surface area contributed by atoms with Crippen LogP contribution in [0.1, 0.15) is 51.0 Å². The predicted octanol–water partition coefficient (Wildman–Crippen LogP) is 4.21. The van der Waals surface area contributed by atoms with Crippen molar-refractivity contribution in [2.75, 3.05) is 37.4 Å². The van der Waals surface area contributed by atoms with E-state index in [0.717, 1.165) is 42.5 Å². The Kier molecular flexibility index (Phi) is 9.75. The third-order valence-electron chi connectivity index (χ3n) is 5.98. The molecule has 2 aromatic rings. The molecule has 7 nitrogen and oxygen atoms in total. The van der Waals surface area contributed by atoms with Crippen molar-refractivity contribution in [3.63, 3.8) is 0 Å². The number of nitrogens with one attached hydrogen (secondary N) is 2. The van der Waals surface area contributed by atoms with Gasteiger partial charge in [0.25, 0.3) is 0 Å². The van der Waals surface area contributed by atoms with Gasteiger partial charge in [-0.1, -0.05) is 6.92 Å². The van der Waals surface area contributed by atoms with E-state index in [1.807, 2.05) is 19.2 Å². The molecule has 1 saturated carbocycles. The lowest BCUT2D eigenvalue weighted by Gasteiger charge is -2.27. The number of pyridine rings is 1. The van der Waals surface area contributed by atoms with Crippen molar-refractivity contribution in [3.05, 3.63) is 30.1 Å². The first-order valence-electron chi connectivity index (χ1n) is 11.9. The minimum Gasteiger partial charge on any atom is -0.393 e. The molecule has 3 N–H and O–H groups in total. The molecular weight excluding hydrogens is 426 g/mol. The van der Waals surface area contributed by atoms with Crippen LogP contribution in [-0.2, 0) is 6.54 Å². The molecule has 0 spiro atoms. The summed E-state index contributed by atoms with van der Waals surface area (Å²) in [5, 5.41) is 16.3. The van der Waals surface area contributed by atoms with Gasteiger partial charge in [-0.05, 0) is 63.3 Å². The highest BCUT2D eigenvalue weighted by molar-refractivity contribution is 5.73. The SMILES string of the molecule is CC[C@H](F)CNc1ncc(-c2cc(CN(C)CCCF)ccn2)c(N[C@H]2CC[C@H](O)CC2)n1. The summed E-state index contributed by atoms with van der Waals surface area (Å²) in [5.41, 5.74) is 2.58. The van der Waals surface area contributed by atoms with Crippen molar-refractivity contribution in [2.24, 2.45) is 0 Å². The highest BCUT2D eigenvalue weighted by Crippen LogP contribution is 2.29. The van der Waals surface area contributed by atoms with E-state index in [-0.39, 0.29) is 25.4 Å². The number of alkyl halides is 2. The number of aliphatic hydroxyl groups excluding tert-OH is 1. The number of hydrogen-bond acceptors (Lipinski definition) is 7. The van der Waals surface area contributed by atoms with Gasteiger partial charge in [-0.15, -0.1) is 0 Å². The summed E-state index contributed by atoms with van der Waals surface area (Å²) < 4.78 is 26.2. The Morgan fingerprint density at radius 2 is 2.03 bits per heavy atom. The molecule has 0 saturated heterocycles. The molecule has 3 rings (SSSR count).